The predicted octanol–water partition coefficient (Wildman–Crippen LogP) is 5.00. The van der Waals surface area contributed by atoms with Crippen molar-refractivity contribution in [3.8, 4) is 17.1 Å². The Balaban J connectivity index is 1.30. The number of nitrogens with zero attached hydrogens (tertiary/aromatic N) is 6. The van der Waals surface area contributed by atoms with Gasteiger partial charge in [-0.3, -0.25) is 14.3 Å². The normalized spacial score (nSPS) is 10.7. The van der Waals surface area contributed by atoms with Crippen LogP contribution >= 0.6 is 23.5 Å². The molecular formula is C25H19N7OS2. The molecule has 0 unspecified atom stereocenters. The molecule has 0 aliphatic heterocycles. The van der Waals surface area contributed by atoms with E-state index < -0.39 is 0 Å². The number of anilines is 1. The van der Waals surface area contributed by atoms with E-state index in [1.165, 1.54) is 23.5 Å². The van der Waals surface area contributed by atoms with Gasteiger partial charge in [-0.15, -0.1) is 10.2 Å². The van der Waals surface area contributed by atoms with Crippen molar-refractivity contribution < 1.29 is 4.79 Å². The van der Waals surface area contributed by atoms with Gasteiger partial charge in [0.25, 0.3) is 0 Å². The maximum Gasteiger partial charge on any atom is 0.234 e. The molecule has 0 aliphatic rings. The van der Waals surface area contributed by atoms with E-state index in [0.29, 0.717) is 16.7 Å². The van der Waals surface area contributed by atoms with E-state index in [4.69, 9.17) is 0 Å². The lowest BCUT2D eigenvalue weighted by atomic mass is 10.2. The maximum absolute atomic E-state index is 12.7. The molecule has 172 valence electrons. The highest BCUT2D eigenvalue weighted by atomic mass is 32.2. The third-order valence-electron chi connectivity index (χ3n) is 4.77. The first-order chi connectivity index (χ1) is 17.3. The van der Waals surface area contributed by atoms with Crippen LogP contribution in [0, 0.1) is 0 Å². The zero-order chi connectivity index (χ0) is 23.9. The lowest BCUT2D eigenvalue weighted by molar-refractivity contribution is -0.113. The standard InChI is InChI=1S/C25H19N7OS2/c33-21(29-19-11-14-28-23(15-19)35-22-10-4-5-13-27-22)17-34-25-31-30-24(18-7-6-12-26-16-18)32(25)20-8-2-1-3-9-20/h1-16H,17H2,(H,28,29,33). The minimum absolute atomic E-state index is 0.152. The van der Waals surface area contributed by atoms with Gasteiger partial charge in [0.15, 0.2) is 11.0 Å². The van der Waals surface area contributed by atoms with Crippen LogP contribution in [0.3, 0.4) is 0 Å². The van der Waals surface area contributed by atoms with E-state index in [-0.39, 0.29) is 11.7 Å². The molecule has 0 aliphatic carbocycles. The third-order valence-corrected chi connectivity index (χ3v) is 6.58. The number of pyridine rings is 3. The van der Waals surface area contributed by atoms with Gasteiger partial charge in [-0.2, -0.15) is 0 Å². The summed E-state index contributed by atoms with van der Waals surface area (Å²) in [4.78, 5) is 25.6. The molecule has 1 amide bonds. The summed E-state index contributed by atoms with van der Waals surface area (Å²) in [5.41, 5.74) is 2.42. The average Bonchev–Trinajstić information content (AvgIpc) is 3.33. The summed E-state index contributed by atoms with van der Waals surface area (Å²) in [6, 6.07) is 22.9. The van der Waals surface area contributed by atoms with E-state index in [1.54, 1.807) is 30.9 Å². The average molecular weight is 498 g/mol. The summed E-state index contributed by atoms with van der Waals surface area (Å²) in [5.74, 6) is 0.682. The monoisotopic (exact) mass is 497 g/mol. The Bertz CT molecular complexity index is 1410. The van der Waals surface area contributed by atoms with E-state index in [2.05, 4.69) is 30.5 Å². The smallest absolute Gasteiger partial charge is 0.234 e. The second-order valence-corrected chi connectivity index (χ2v) is 9.19. The van der Waals surface area contributed by atoms with Gasteiger partial charge in [0.05, 0.1) is 5.75 Å². The molecule has 5 rings (SSSR count). The lowest BCUT2D eigenvalue weighted by Crippen LogP contribution is -2.14. The van der Waals surface area contributed by atoms with Crippen molar-refractivity contribution in [3.05, 3.63) is 97.6 Å². The van der Waals surface area contributed by atoms with Gasteiger partial charge in [-0.25, -0.2) is 9.97 Å². The molecule has 1 N–H and O–H groups in total. The Morgan fingerprint density at radius 1 is 0.857 bits per heavy atom. The fourth-order valence-corrected chi connectivity index (χ4v) is 4.77. The number of hydrogen-bond donors (Lipinski definition) is 1. The molecule has 0 fully saturated rings. The first-order valence-electron chi connectivity index (χ1n) is 10.6. The highest BCUT2D eigenvalue weighted by Crippen LogP contribution is 2.28. The number of para-hydroxylation sites is 1. The van der Waals surface area contributed by atoms with Crippen LogP contribution in [0.1, 0.15) is 0 Å². The van der Waals surface area contributed by atoms with Gasteiger partial charge in [0, 0.05) is 41.7 Å². The molecule has 10 heteroatoms. The van der Waals surface area contributed by atoms with Crippen LogP contribution in [-0.4, -0.2) is 41.4 Å². The van der Waals surface area contributed by atoms with E-state index in [1.807, 2.05) is 71.3 Å². The summed E-state index contributed by atoms with van der Waals surface area (Å²) < 4.78 is 1.93. The number of nitrogens with one attached hydrogen (secondary N) is 1. The zero-order valence-electron chi connectivity index (χ0n) is 18.4. The Morgan fingerprint density at radius 2 is 1.71 bits per heavy atom. The molecule has 0 radical (unpaired) electrons. The summed E-state index contributed by atoms with van der Waals surface area (Å²) in [6.45, 7) is 0. The molecule has 0 atom stereocenters. The Morgan fingerprint density at radius 3 is 2.51 bits per heavy atom. The summed E-state index contributed by atoms with van der Waals surface area (Å²) in [6.07, 6.45) is 6.86. The number of hydrogen-bond acceptors (Lipinski definition) is 8. The lowest BCUT2D eigenvalue weighted by Gasteiger charge is -2.10. The van der Waals surface area contributed by atoms with Gasteiger partial charge in [0.1, 0.15) is 10.1 Å². The predicted molar refractivity (Wildman–Crippen MR) is 137 cm³/mol. The van der Waals surface area contributed by atoms with Crippen molar-refractivity contribution in [2.45, 2.75) is 15.2 Å². The number of carbonyl (C=O) groups is 1. The summed E-state index contributed by atoms with van der Waals surface area (Å²) in [7, 11) is 0. The van der Waals surface area contributed by atoms with E-state index >= 15 is 0 Å². The molecule has 4 aromatic heterocycles. The summed E-state index contributed by atoms with van der Waals surface area (Å²) >= 11 is 2.75. The largest absolute Gasteiger partial charge is 0.325 e. The van der Waals surface area contributed by atoms with Crippen LogP contribution in [0.5, 0.6) is 0 Å². The van der Waals surface area contributed by atoms with Gasteiger partial charge in [-0.1, -0.05) is 47.8 Å². The number of rotatable bonds is 8. The molecule has 8 nitrogen and oxygen atoms in total. The fourth-order valence-electron chi connectivity index (χ4n) is 3.24. The number of aromatic nitrogens is 6. The van der Waals surface area contributed by atoms with Gasteiger partial charge < -0.3 is 5.32 Å². The summed E-state index contributed by atoms with van der Waals surface area (Å²) in [5, 5.41) is 13.9. The number of thioether (sulfide) groups is 1. The molecule has 1 aromatic carbocycles. The number of carbonyl (C=O) groups excluding carboxylic acids is 1. The maximum atomic E-state index is 12.7. The van der Waals surface area contributed by atoms with Crippen LogP contribution in [-0.2, 0) is 4.79 Å². The molecule has 35 heavy (non-hydrogen) atoms. The minimum atomic E-state index is -0.152. The Kier molecular flexibility index (Phi) is 7.11. The molecule has 0 spiro atoms. The minimum Gasteiger partial charge on any atom is -0.325 e. The fraction of sp³-hybridized carbons (Fsp3) is 0.0400. The molecule has 5 aromatic rings. The molecular weight excluding hydrogens is 478 g/mol. The molecule has 4 heterocycles. The highest BCUT2D eigenvalue weighted by molar-refractivity contribution is 7.99. The zero-order valence-corrected chi connectivity index (χ0v) is 20.0. The third kappa shape index (κ3) is 5.73. The van der Waals surface area contributed by atoms with Crippen molar-refractivity contribution in [1.82, 2.24) is 29.7 Å². The number of benzene rings is 1. The topological polar surface area (TPSA) is 98.5 Å². The van der Waals surface area contributed by atoms with E-state index in [0.717, 1.165) is 21.3 Å². The molecule has 0 bridgehead atoms. The highest BCUT2D eigenvalue weighted by Gasteiger charge is 2.17. The Labute approximate surface area is 210 Å². The molecule has 0 saturated heterocycles. The second kappa shape index (κ2) is 10.9. The van der Waals surface area contributed by atoms with Crippen LogP contribution in [0.4, 0.5) is 5.69 Å². The van der Waals surface area contributed by atoms with Crippen molar-refractivity contribution in [2.24, 2.45) is 0 Å². The number of amides is 1. The van der Waals surface area contributed by atoms with Gasteiger partial charge in [-0.05, 0) is 48.5 Å². The Hall–Kier alpha value is -4.02. The van der Waals surface area contributed by atoms with Crippen molar-refractivity contribution in [1.29, 1.82) is 0 Å². The van der Waals surface area contributed by atoms with Crippen LogP contribution in [0.15, 0.2) is 113 Å². The SMILES string of the molecule is O=C(CSc1nnc(-c2cccnc2)n1-c1ccccc1)Nc1ccnc(Sc2ccccn2)c1. The second-order valence-electron chi connectivity index (χ2n) is 7.21. The first kappa shape index (κ1) is 22.8. The quantitative estimate of drug-likeness (QED) is 0.299. The van der Waals surface area contributed by atoms with Crippen LogP contribution in [0.25, 0.3) is 17.1 Å². The van der Waals surface area contributed by atoms with Crippen LogP contribution < -0.4 is 5.32 Å². The van der Waals surface area contributed by atoms with Gasteiger partial charge in [0.2, 0.25) is 5.91 Å². The van der Waals surface area contributed by atoms with Crippen molar-refractivity contribution >= 4 is 35.1 Å². The first-order valence-corrected chi connectivity index (χ1v) is 12.5. The van der Waals surface area contributed by atoms with Gasteiger partial charge >= 0.3 is 0 Å². The van der Waals surface area contributed by atoms with E-state index in [9.17, 15) is 4.79 Å². The van der Waals surface area contributed by atoms with Crippen molar-refractivity contribution in [3.63, 3.8) is 0 Å². The molecule has 0 saturated carbocycles. The van der Waals surface area contributed by atoms with Crippen LogP contribution in [0.2, 0.25) is 0 Å². The van der Waals surface area contributed by atoms with Crippen molar-refractivity contribution in [2.75, 3.05) is 11.1 Å².